The van der Waals surface area contributed by atoms with Crippen molar-refractivity contribution in [3.63, 3.8) is 0 Å². The van der Waals surface area contributed by atoms with Crippen molar-refractivity contribution in [3.05, 3.63) is 11.6 Å². The largest absolute Gasteiger partial charge is 0.341 e. The van der Waals surface area contributed by atoms with Gasteiger partial charge in [0, 0.05) is 26.2 Å². The highest BCUT2D eigenvalue weighted by Gasteiger charge is 2.38. The predicted octanol–water partition coefficient (Wildman–Crippen LogP) is 0.532. The fourth-order valence-corrected chi connectivity index (χ4v) is 5.94. The second-order valence-corrected chi connectivity index (χ2v) is 10.5. The van der Waals surface area contributed by atoms with Crippen molar-refractivity contribution in [2.75, 3.05) is 33.4 Å². The Morgan fingerprint density at radius 2 is 2.17 bits per heavy atom. The van der Waals surface area contributed by atoms with E-state index in [0.29, 0.717) is 30.0 Å². The molecule has 3 aliphatic heterocycles. The summed E-state index contributed by atoms with van der Waals surface area (Å²) < 4.78 is 6.37. The minimum absolute atomic E-state index is 0.0625. The van der Waals surface area contributed by atoms with E-state index in [1.54, 1.807) is 5.57 Å². The summed E-state index contributed by atoms with van der Waals surface area (Å²) in [6.45, 7) is 11.5. The highest BCUT2D eigenvalue weighted by molar-refractivity contribution is 5.13. The first-order valence-electron chi connectivity index (χ1n) is 12.3. The third kappa shape index (κ3) is 5.44. The van der Waals surface area contributed by atoms with E-state index in [-0.39, 0.29) is 12.5 Å². The van der Waals surface area contributed by atoms with Crippen LogP contribution in [0.4, 0.5) is 0 Å². The van der Waals surface area contributed by atoms with Crippen molar-refractivity contribution >= 4 is 0 Å². The minimum atomic E-state index is 0.0625. The Hall–Kier alpha value is -0.540. The van der Waals surface area contributed by atoms with Gasteiger partial charge in [-0.15, -0.1) is 0 Å². The van der Waals surface area contributed by atoms with E-state index in [4.69, 9.17) is 4.74 Å². The third-order valence-corrected chi connectivity index (χ3v) is 7.95. The van der Waals surface area contributed by atoms with E-state index in [0.717, 1.165) is 32.1 Å². The number of hydrogen-bond donors (Lipinski definition) is 5. The van der Waals surface area contributed by atoms with Gasteiger partial charge in [0.25, 0.3) is 0 Å². The highest BCUT2D eigenvalue weighted by atomic mass is 16.6. The lowest BCUT2D eigenvalue weighted by Gasteiger charge is -2.38. The van der Waals surface area contributed by atoms with Crippen LogP contribution in [-0.4, -0.2) is 62.9 Å². The maximum atomic E-state index is 6.37. The first-order valence-corrected chi connectivity index (χ1v) is 12.3. The molecular formula is C23H45N6O+. The molecule has 0 radical (unpaired) electrons. The first kappa shape index (κ1) is 22.6. The van der Waals surface area contributed by atoms with Gasteiger partial charge in [0.2, 0.25) is 0 Å². The van der Waals surface area contributed by atoms with Crippen molar-refractivity contribution in [3.8, 4) is 0 Å². The second kappa shape index (κ2) is 10.4. The summed E-state index contributed by atoms with van der Waals surface area (Å²) >= 11 is 0. The minimum Gasteiger partial charge on any atom is -0.341 e. The highest BCUT2D eigenvalue weighted by Crippen LogP contribution is 2.39. The zero-order valence-corrected chi connectivity index (χ0v) is 19.5. The lowest BCUT2D eigenvalue weighted by Crippen LogP contribution is -2.94. The quantitative estimate of drug-likeness (QED) is 0.386. The van der Waals surface area contributed by atoms with E-state index < -0.39 is 0 Å². The molecule has 3 heterocycles. The van der Waals surface area contributed by atoms with Crippen LogP contribution in [0.5, 0.6) is 0 Å². The van der Waals surface area contributed by atoms with Gasteiger partial charge >= 0.3 is 0 Å². The fraction of sp³-hybridized carbons (Fsp3) is 0.913. The summed E-state index contributed by atoms with van der Waals surface area (Å²) in [5.74, 6) is 2.70. The molecule has 4 aliphatic rings. The van der Waals surface area contributed by atoms with Crippen LogP contribution in [0.3, 0.4) is 0 Å². The van der Waals surface area contributed by atoms with Gasteiger partial charge < -0.3 is 15.4 Å². The molecule has 30 heavy (non-hydrogen) atoms. The van der Waals surface area contributed by atoms with Gasteiger partial charge in [0.05, 0.1) is 12.6 Å². The molecule has 6 N–H and O–H groups in total. The Morgan fingerprint density at radius 1 is 1.30 bits per heavy atom. The van der Waals surface area contributed by atoms with Crippen molar-refractivity contribution in [1.29, 1.82) is 0 Å². The Balaban J connectivity index is 1.32. The molecule has 4 unspecified atom stereocenters. The number of rotatable bonds is 7. The number of hydrogen-bond acceptors (Lipinski definition) is 6. The number of ether oxygens (including phenoxy) is 1. The topological polar surface area (TPSA) is 77.2 Å². The Labute approximate surface area is 183 Å². The summed E-state index contributed by atoms with van der Waals surface area (Å²) in [4.78, 5) is 2.32. The van der Waals surface area contributed by atoms with Crippen LogP contribution in [0.25, 0.3) is 0 Å². The molecule has 0 aromatic carbocycles. The Bertz CT molecular complexity index is 578. The SMILES string of the molecule is CC1=C[C@@H](CNC2CCCC[NH2+]2)[C@H](C(C)C)C[C@H]1CC1NNC(C2CNCN2C)O1. The van der Waals surface area contributed by atoms with Crippen LogP contribution in [-0.2, 0) is 4.74 Å². The zero-order valence-electron chi connectivity index (χ0n) is 19.5. The lowest BCUT2D eigenvalue weighted by molar-refractivity contribution is -0.702. The number of nitrogens with one attached hydrogen (secondary N) is 4. The van der Waals surface area contributed by atoms with Gasteiger partial charge in [-0.25, -0.2) is 10.9 Å². The van der Waals surface area contributed by atoms with Crippen LogP contribution in [0.15, 0.2) is 11.6 Å². The summed E-state index contributed by atoms with van der Waals surface area (Å²) in [6.07, 6.45) is 9.76. The maximum Gasteiger partial charge on any atom is 0.139 e. The van der Waals surface area contributed by atoms with Gasteiger partial charge in [-0.1, -0.05) is 25.5 Å². The van der Waals surface area contributed by atoms with E-state index in [1.807, 2.05) is 0 Å². The lowest BCUT2D eigenvalue weighted by atomic mass is 9.69. The monoisotopic (exact) mass is 421 g/mol. The van der Waals surface area contributed by atoms with Crippen LogP contribution in [0.2, 0.25) is 0 Å². The number of nitrogens with two attached hydrogens (primary N) is 1. The van der Waals surface area contributed by atoms with Crippen LogP contribution in [0, 0.1) is 23.7 Å². The van der Waals surface area contributed by atoms with Gasteiger partial charge in [-0.2, -0.15) is 0 Å². The average Bonchev–Trinajstić information content (AvgIpc) is 3.37. The van der Waals surface area contributed by atoms with Crippen molar-refractivity contribution in [2.24, 2.45) is 23.7 Å². The van der Waals surface area contributed by atoms with Gasteiger partial charge in [0.1, 0.15) is 18.6 Å². The fourth-order valence-electron chi connectivity index (χ4n) is 5.94. The molecule has 7 nitrogen and oxygen atoms in total. The molecule has 0 aromatic rings. The third-order valence-electron chi connectivity index (χ3n) is 7.95. The molecule has 7 atom stereocenters. The van der Waals surface area contributed by atoms with Gasteiger partial charge in [-0.3, -0.25) is 10.2 Å². The second-order valence-electron chi connectivity index (χ2n) is 10.5. The molecule has 3 saturated heterocycles. The molecule has 0 aromatic heterocycles. The average molecular weight is 422 g/mol. The smallest absolute Gasteiger partial charge is 0.139 e. The molecule has 1 aliphatic carbocycles. The van der Waals surface area contributed by atoms with Crippen molar-refractivity contribution in [1.82, 2.24) is 26.4 Å². The van der Waals surface area contributed by atoms with Crippen LogP contribution in [0.1, 0.15) is 52.9 Å². The predicted molar refractivity (Wildman–Crippen MR) is 120 cm³/mol. The van der Waals surface area contributed by atoms with E-state index in [9.17, 15) is 0 Å². The van der Waals surface area contributed by atoms with Gasteiger partial charge in [-0.05, 0) is 63.3 Å². The molecule has 4 rings (SSSR count). The molecule has 3 fully saturated rings. The van der Waals surface area contributed by atoms with Crippen LogP contribution < -0.4 is 26.8 Å². The molecule has 172 valence electrons. The van der Waals surface area contributed by atoms with Crippen molar-refractivity contribution in [2.45, 2.75) is 77.5 Å². The number of nitrogens with zero attached hydrogens (tertiary/aromatic N) is 1. The molecule has 0 saturated carbocycles. The normalized spacial score (nSPS) is 40.8. The number of allylic oxidation sites excluding steroid dienone is 1. The summed E-state index contributed by atoms with van der Waals surface area (Å²) in [5, 5.41) is 9.79. The zero-order chi connectivity index (χ0) is 21.1. The van der Waals surface area contributed by atoms with Crippen LogP contribution >= 0.6 is 0 Å². The molecule has 0 spiro atoms. The number of quaternary nitrogens is 1. The maximum absolute atomic E-state index is 6.37. The van der Waals surface area contributed by atoms with Gasteiger partial charge in [0.15, 0.2) is 0 Å². The number of likely N-dealkylation sites (N-methyl/N-ethyl adjacent to an activating group) is 1. The van der Waals surface area contributed by atoms with E-state index in [2.05, 4.69) is 65.6 Å². The molecule has 0 amide bonds. The van der Waals surface area contributed by atoms with E-state index >= 15 is 0 Å². The summed E-state index contributed by atoms with van der Waals surface area (Å²) in [6, 6.07) is 0.390. The standard InChI is InChI=1S/C23H44N6O/c1-15(2)19-10-17(11-22-27-28-23(30-22)20-13-24-14-29(20)4)16(3)9-18(19)12-26-21-7-5-6-8-25-21/h9,15,17-28H,5-8,10-14H2,1-4H3/p+1/t17-,18-,19-,20?,21?,22?,23?/m0/s1. The summed E-state index contributed by atoms with van der Waals surface area (Å²) in [7, 11) is 2.16. The Morgan fingerprint density at radius 3 is 2.87 bits per heavy atom. The number of piperidine rings is 1. The van der Waals surface area contributed by atoms with Crippen molar-refractivity contribution < 1.29 is 10.1 Å². The molecular weight excluding hydrogens is 376 g/mol. The molecule has 7 heteroatoms. The summed E-state index contributed by atoms with van der Waals surface area (Å²) in [5.41, 5.74) is 8.38. The number of hydrazine groups is 1. The molecule has 0 bridgehead atoms. The Kier molecular flexibility index (Phi) is 7.84. The first-order chi connectivity index (χ1) is 14.5. The van der Waals surface area contributed by atoms with E-state index in [1.165, 1.54) is 32.2 Å².